The number of amides is 1. The monoisotopic (exact) mass is 320 g/mol. The Morgan fingerprint density at radius 1 is 1.35 bits per heavy atom. The van der Waals surface area contributed by atoms with Gasteiger partial charge in [-0.3, -0.25) is 10.1 Å². The van der Waals surface area contributed by atoms with Gasteiger partial charge < -0.3 is 9.42 Å². The van der Waals surface area contributed by atoms with E-state index >= 15 is 0 Å². The molecule has 2 aromatic rings. The summed E-state index contributed by atoms with van der Waals surface area (Å²) in [5.41, 5.74) is 1.23. The second-order valence-electron chi connectivity index (χ2n) is 6.78. The maximum atomic E-state index is 13.6. The molecule has 124 valence electrons. The van der Waals surface area contributed by atoms with E-state index in [2.05, 4.69) is 10.5 Å². The lowest BCUT2D eigenvalue weighted by Gasteiger charge is -2.13. The minimum atomic E-state index is -0.252. The third-order valence-corrected chi connectivity index (χ3v) is 3.45. The molecule has 2 rings (SSSR count). The van der Waals surface area contributed by atoms with Crippen molar-refractivity contribution < 1.29 is 18.6 Å². The molecular weight excluding hydrogens is 297 g/mol. The number of carbonyl (C=O) groups is 1. The molecular formula is C17H23FN3O2+. The van der Waals surface area contributed by atoms with Crippen LogP contribution in [0.15, 0.2) is 34.9 Å². The van der Waals surface area contributed by atoms with Crippen molar-refractivity contribution >= 4 is 11.8 Å². The molecule has 6 heteroatoms. The molecule has 0 aliphatic heterocycles. The van der Waals surface area contributed by atoms with Crippen molar-refractivity contribution in [2.45, 2.75) is 32.7 Å². The quantitative estimate of drug-likeness (QED) is 0.883. The van der Waals surface area contributed by atoms with Gasteiger partial charge in [0.25, 0.3) is 5.91 Å². The van der Waals surface area contributed by atoms with E-state index in [0.29, 0.717) is 18.0 Å². The van der Waals surface area contributed by atoms with Crippen molar-refractivity contribution in [3.05, 3.63) is 47.4 Å². The lowest BCUT2D eigenvalue weighted by Crippen LogP contribution is -3.08. The number of aromatic nitrogens is 1. The Morgan fingerprint density at radius 2 is 2.04 bits per heavy atom. The van der Waals surface area contributed by atoms with Gasteiger partial charge >= 0.3 is 0 Å². The van der Waals surface area contributed by atoms with E-state index in [1.807, 2.05) is 27.8 Å². The molecule has 0 aliphatic carbocycles. The smallest absolute Gasteiger partial charge is 0.281 e. The molecule has 0 bridgehead atoms. The van der Waals surface area contributed by atoms with Gasteiger partial charge in [-0.1, -0.05) is 44.1 Å². The summed E-state index contributed by atoms with van der Waals surface area (Å²) >= 11 is 0. The molecule has 23 heavy (non-hydrogen) atoms. The fourth-order valence-electron chi connectivity index (χ4n) is 2.17. The van der Waals surface area contributed by atoms with Gasteiger partial charge in [-0.2, -0.15) is 0 Å². The fraction of sp³-hybridized carbons (Fsp3) is 0.412. The van der Waals surface area contributed by atoms with E-state index in [1.165, 1.54) is 6.07 Å². The molecule has 0 fully saturated rings. The number of anilines is 1. The minimum absolute atomic E-state index is 0.140. The van der Waals surface area contributed by atoms with Crippen molar-refractivity contribution in [3.63, 3.8) is 0 Å². The second-order valence-corrected chi connectivity index (χ2v) is 6.78. The average molecular weight is 320 g/mol. The van der Waals surface area contributed by atoms with E-state index in [0.717, 1.165) is 10.6 Å². The van der Waals surface area contributed by atoms with E-state index in [4.69, 9.17) is 4.52 Å². The van der Waals surface area contributed by atoms with E-state index in [1.54, 1.807) is 24.3 Å². The standard InChI is InChI=1S/C17H22FN3O2/c1-17(2,3)14-9-16(23-20-14)19-15(22)11-21(4)10-12-7-5-6-8-13(12)18/h5-9H,10-11H2,1-4H3,(H,19,22)/p+1. The number of carbonyl (C=O) groups excluding carboxylic acids is 1. The first-order valence-electron chi connectivity index (χ1n) is 7.57. The number of nitrogens with one attached hydrogen (secondary N) is 2. The molecule has 0 spiro atoms. The van der Waals surface area contributed by atoms with E-state index in [-0.39, 0.29) is 23.7 Å². The Morgan fingerprint density at radius 3 is 2.65 bits per heavy atom. The van der Waals surface area contributed by atoms with Crippen LogP contribution in [-0.4, -0.2) is 24.7 Å². The Balaban J connectivity index is 1.89. The maximum Gasteiger partial charge on any atom is 0.281 e. The Kier molecular flexibility index (Phi) is 5.15. The third-order valence-electron chi connectivity index (χ3n) is 3.45. The number of hydrogen-bond donors (Lipinski definition) is 2. The summed E-state index contributed by atoms with van der Waals surface area (Å²) in [6, 6.07) is 8.31. The highest BCUT2D eigenvalue weighted by atomic mass is 19.1. The largest absolute Gasteiger partial charge is 0.338 e. The number of benzene rings is 1. The van der Waals surface area contributed by atoms with Crippen LogP contribution in [0.1, 0.15) is 32.0 Å². The van der Waals surface area contributed by atoms with Crippen LogP contribution < -0.4 is 10.2 Å². The summed E-state index contributed by atoms with van der Waals surface area (Å²) in [7, 11) is 1.84. The van der Waals surface area contributed by atoms with E-state index in [9.17, 15) is 9.18 Å². The molecule has 2 N–H and O–H groups in total. The summed E-state index contributed by atoms with van der Waals surface area (Å²) in [6.45, 7) is 6.69. The Bertz CT molecular complexity index is 676. The van der Waals surface area contributed by atoms with Crippen molar-refractivity contribution in [1.82, 2.24) is 5.16 Å². The van der Waals surface area contributed by atoms with Crippen LogP contribution in [0.25, 0.3) is 0 Å². The zero-order valence-electron chi connectivity index (χ0n) is 13.9. The van der Waals surface area contributed by atoms with E-state index < -0.39 is 0 Å². The molecule has 1 amide bonds. The maximum absolute atomic E-state index is 13.6. The molecule has 1 atom stereocenters. The summed E-state index contributed by atoms with van der Waals surface area (Å²) < 4.78 is 18.7. The second kappa shape index (κ2) is 6.91. The molecule has 0 radical (unpaired) electrons. The number of rotatable bonds is 5. The van der Waals surface area contributed by atoms with Crippen LogP contribution in [0.3, 0.4) is 0 Å². The van der Waals surface area contributed by atoms with Crippen LogP contribution in [-0.2, 0) is 16.8 Å². The number of likely N-dealkylation sites (N-methyl/N-ethyl adjacent to an activating group) is 1. The molecule has 1 aromatic heterocycles. The van der Waals surface area contributed by atoms with Crippen LogP contribution in [0.2, 0.25) is 0 Å². The minimum Gasteiger partial charge on any atom is -0.338 e. The van der Waals surface area contributed by atoms with Gasteiger partial charge in [0.15, 0.2) is 6.54 Å². The van der Waals surface area contributed by atoms with Crippen LogP contribution in [0.4, 0.5) is 10.3 Å². The summed E-state index contributed by atoms with van der Waals surface area (Å²) in [5.74, 6) is -0.119. The Hall–Kier alpha value is -2.21. The number of nitrogens with zero attached hydrogens (tertiary/aromatic N) is 1. The van der Waals surface area contributed by atoms with Crippen LogP contribution >= 0.6 is 0 Å². The summed E-state index contributed by atoms with van der Waals surface area (Å²) in [6.07, 6.45) is 0. The van der Waals surface area contributed by atoms with Crippen molar-refractivity contribution in [2.24, 2.45) is 0 Å². The first-order valence-corrected chi connectivity index (χ1v) is 7.57. The number of halogens is 1. The molecule has 1 unspecified atom stereocenters. The predicted octanol–water partition coefficient (Wildman–Crippen LogP) is 1.76. The zero-order chi connectivity index (χ0) is 17.0. The van der Waals surface area contributed by atoms with Gasteiger partial charge in [0, 0.05) is 17.0 Å². The summed E-state index contributed by atoms with van der Waals surface area (Å²) in [5, 5.41) is 6.64. The predicted molar refractivity (Wildman–Crippen MR) is 85.7 cm³/mol. The molecule has 1 heterocycles. The molecule has 5 nitrogen and oxygen atoms in total. The van der Waals surface area contributed by atoms with Gasteiger partial charge in [-0.25, -0.2) is 4.39 Å². The van der Waals surface area contributed by atoms with Gasteiger partial charge in [0.2, 0.25) is 5.88 Å². The van der Waals surface area contributed by atoms with Crippen molar-refractivity contribution in [2.75, 3.05) is 18.9 Å². The summed E-state index contributed by atoms with van der Waals surface area (Å²) in [4.78, 5) is 12.9. The van der Waals surface area contributed by atoms with Gasteiger partial charge in [-0.15, -0.1) is 0 Å². The third kappa shape index (κ3) is 4.89. The Labute approximate surface area is 135 Å². The lowest BCUT2D eigenvalue weighted by atomic mass is 9.92. The van der Waals surface area contributed by atoms with Crippen LogP contribution in [0, 0.1) is 5.82 Å². The van der Waals surface area contributed by atoms with Crippen molar-refractivity contribution in [1.29, 1.82) is 0 Å². The topological polar surface area (TPSA) is 59.6 Å². The van der Waals surface area contributed by atoms with Gasteiger partial charge in [0.05, 0.1) is 12.7 Å². The van der Waals surface area contributed by atoms with Crippen LogP contribution in [0.5, 0.6) is 0 Å². The normalized spacial score (nSPS) is 12.9. The highest BCUT2D eigenvalue weighted by molar-refractivity contribution is 5.90. The molecule has 1 aromatic carbocycles. The molecule has 0 saturated carbocycles. The zero-order valence-corrected chi connectivity index (χ0v) is 13.9. The number of quaternary nitrogens is 1. The SMILES string of the molecule is C[NH+](CC(=O)Nc1cc(C(C)(C)C)no1)Cc1ccccc1F. The average Bonchev–Trinajstić information content (AvgIpc) is 2.89. The highest BCUT2D eigenvalue weighted by Gasteiger charge is 2.20. The highest BCUT2D eigenvalue weighted by Crippen LogP contribution is 2.23. The van der Waals surface area contributed by atoms with Gasteiger partial charge in [-0.05, 0) is 6.07 Å². The molecule has 0 saturated heterocycles. The first kappa shape index (κ1) is 17.1. The lowest BCUT2D eigenvalue weighted by molar-refractivity contribution is -0.885. The molecule has 0 aliphatic rings. The van der Waals surface area contributed by atoms with Gasteiger partial charge in [0.1, 0.15) is 12.4 Å². The first-order chi connectivity index (χ1) is 10.8. The fourth-order valence-corrected chi connectivity index (χ4v) is 2.17. The number of hydrogen-bond acceptors (Lipinski definition) is 3. The van der Waals surface area contributed by atoms with Crippen molar-refractivity contribution in [3.8, 4) is 0 Å².